The van der Waals surface area contributed by atoms with Gasteiger partial charge in [-0.05, 0) is 48.0 Å². The number of allylic oxidation sites excluding steroid dienone is 1. The largest absolute Gasteiger partial charge is 0.288 e. The van der Waals surface area contributed by atoms with Gasteiger partial charge < -0.3 is 0 Å². The maximum Gasteiger partial charge on any atom is 0.195 e. The first kappa shape index (κ1) is 13.2. The number of aromatic nitrogens is 2. The van der Waals surface area contributed by atoms with Crippen LogP contribution in [0.4, 0.5) is 0 Å². The van der Waals surface area contributed by atoms with Gasteiger partial charge in [0.05, 0.1) is 10.6 Å². The average Bonchev–Trinajstić information content (AvgIpc) is 2.83. The number of halogens is 1. The molecule has 0 radical (unpaired) electrons. The van der Waals surface area contributed by atoms with E-state index in [1.54, 1.807) is 6.08 Å². The second kappa shape index (κ2) is 5.20. The molecule has 2 heterocycles. The zero-order valence-corrected chi connectivity index (χ0v) is 12.8. The highest BCUT2D eigenvalue weighted by atomic mass is 79.9. The smallest absolute Gasteiger partial charge is 0.195 e. The number of hydrogen-bond donors (Lipinski definition) is 0. The number of carbonyl (C=O) groups excluding carboxylic acids is 1. The van der Waals surface area contributed by atoms with Crippen molar-refractivity contribution in [2.45, 2.75) is 13.8 Å². The highest BCUT2D eigenvalue weighted by molar-refractivity contribution is 9.10. The fraction of sp³-hybridized carbons (Fsp3) is 0.231. The second-order valence-corrected chi connectivity index (χ2v) is 5.86. The summed E-state index contributed by atoms with van der Waals surface area (Å²) in [6.45, 7) is 3.94. The molecule has 0 saturated carbocycles. The Kier molecular flexibility index (Phi) is 3.82. The summed E-state index contributed by atoms with van der Waals surface area (Å²) in [5.74, 6) is 0.0216. The first-order valence-corrected chi connectivity index (χ1v) is 7.13. The molecule has 0 saturated heterocycles. The van der Waals surface area contributed by atoms with E-state index in [9.17, 15) is 4.79 Å². The van der Waals surface area contributed by atoms with Gasteiger partial charge in [-0.15, -0.1) is 11.3 Å². The molecule has 0 amide bonds. The molecule has 0 aliphatic carbocycles. The minimum Gasteiger partial charge on any atom is -0.288 e. The summed E-state index contributed by atoms with van der Waals surface area (Å²) in [6, 6.07) is 1.83. The van der Waals surface area contributed by atoms with E-state index in [-0.39, 0.29) is 5.78 Å². The Labute approximate surface area is 118 Å². The molecular weight excluding hydrogens is 312 g/mol. The number of carbonyl (C=O) groups is 1. The van der Waals surface area contributed by atoms with Gasteiger partial charge >= 0.3 is 0 Å². The van der Waals surface area contributed by atoms with Crippen molar-refractivity contribution in [1.29, 1.82) is 0 Å². The van der Waals surface area contributed by atoms with Crippen molar-refractivity contribution in [1.82, 2.24) is 9.78 Å². The number of thiophene rings is 1. The topological polar surface area (TPSA) is 34.9 Å². The fourth-order valence-electron chi connectivity index (χ4n) is 1.71. The molecule has 2 rings (SSSR count). The Morgan fingerprint density at radius 1 is 1.50 bits per heavy atom. The maximum absolute atomic E-state index is 11.9. The van der Waals surface area contributed by atoms with Gasteiger partial charge in [-0.2, -0.15) is 5.10 Å². The van der Waals surface area contributed by atoms with Crippen molar-refractivity contribution in [3.05, 3.63) is 43.8 Å². The predicted octanol–water partition coefficient (Wildman–Crippen LogP) is 3.76. The minimum absolute atomic E-state index is 0.0216. The lowest BCUT2D eigenvalue weighted by Crippen LogP contribution is -1.93. The third kappa shape index (κ3) is 2.62. The van der Waals surface area contributed by atoms with Gasteiger partial charge in [0, 0.05) is 28.2 Å². The van der Waals surface area contributed by atoms with E-state index >= 15 is 0 Å². The van der Waals surface area contributed by atoms with Crippen LogP contribution in [0.3, 0.4) is 0 Å². The molecule has 0 bridgehead atoms. The van der Waals surface area contributed by atoms with Crippen LogP contribution in [0, 0.1) is 13.8 Å². The first-order chi connectivity index (χ1) is 8.49. The Morgan fingerprint density at radius 2 is 2.22 bits per heavy atom. The fourth-order valence-corrected chi connectivity index (χ4v) is 3.06. The molecule has 2 aromatic heterocycles. The minimum atomic E-state index is 0.0216. The van der Waals surface area contributed by atoms with Crippen LogP contribution in [0.2, 0.25) is 0 Å². The quantitative estimate of drug-likeness (QED) is 0.636. The number of nitrogens with zero attached hydrogens (tertiary/aromatic N) is 2. The molecule has 5 heteroatoms. The van der Waals surface area contributed by atoms with E-state index in [1.165, 1.54) is 11.3 Å². The maximum atomic E-state index is 11.9. The second-order valence-electron chi connectivity index (χ2n) is 4.03. The van der Waals surface area contributed by atoms with Crippen LogP contribution < -0.4 is 0 Å². The molecule has 0 aromatic carbocycles. The van der Waals surface area contributed by atoms with Gasteiger partial charge in [-0.1, -0.05) is 0 Å². The van der Waals surface area contributed by atoms with Gasteiger partial charge in [0.25, 0.3) is 0 Å². The highest BCUT2D eigenvalue weighted by Gasteiger charge is 2.08. The summed E-state index contributed by atoms with van der Waals surface area (Å²) in [5, 5.41) is 6.22. The van der Waals surface area contributed by atoms with Crippen LogP contribution in [0.1, 0.15) is 26.6 Å². The monoisotopic (exact) mass is 324 g/mol. The summed E-state index contributed by atoms with van der Waals surface area (Å²) in [5.41, 5.74) is 3.01. The van der Waals surface area contributed by atoms with E-state index in [1.807, 2.05) is 43.1 Å². The van der Waals surface area contributed by atoms with Crippen LogP contribution in [0.15, 0.2) is 22.0 Å². The van der Waals surface area contributed by atoms with Gasteiger partial charge in [-0.3, -0.25) is 9.48 Å². The third-order valence-electron chi connectivity index (χ3n) is 2.78. The van der Waals surface area contributed by atoms with E-state index in [4.69, 9.17) is 0 Å². The summed E-state index contributed by atoms with van der Waals surface area (Å²) < 4.78 is 2.76. The SMILES string of the molecule is Cc1nn(C)c(C)c1/C=C/C(=O)c1cc(Br)cs1. The van der Waals surface area contributed by atoms with Gasteiger partial charge in [-0.25, -0.2) is 0 Å². The van der Waals surface area contributed by atoms with Crippen LogP contribution >= 0.6 is 27.3 Å². The molecule has 18 heavy (non-hydrogen) atoms. The van der Waals surface area contributed by atoms with Crippen LogP contribution in [-0.2, 0) is 7.05 Å². The number of ketones is 1. The van der Waals surface area contributed by atoms with Crippen LogP contribution in [0.5, 0.6) is 0 Å². The van der Waals surface area contributed by atoms with Gasteiger partial charge in [0.15, 0.2) is 5.78 Å². The van der Waals surface area contributed by atoms with E-state index < -0.39 is 0 Å². The Morgan fingerprint density at radius 3 is 2.72 bits per heavy atom. The van der Waals surface area contributed by atoms with Crippen molar-refractivity contribution >= 4 is 39.1 Å². The van der Waals surface area contributed by atoms with Crippen LogP contribution in [-0.4, -0.2) is 15.6 Å². The highest BCUT2D eigenvalue weighted by Crippen LogP contribution is 2.21. The first-order valence-electron chi connectivity index (χ1n) is 5.45. The lowest BCUT2D eigenvalue weighted by atomic mass is 10.1. The third-order valence-corrected chi connectivity index (χ3v) is 4.48. The predicted molar refractivity (Wildman–Crippen MR) is 78.1 cm³/mol. The number of hydrogen-bond acceptors (Lipinski definition) is 3. The normalized spacial score (nSPS) is 11.3. The molecule has 2 aromatic rings. The van der Waals surface area contributed by atoms with E-state index in [0.29, 0.717) is 0 Å². The Hall–Kier alpha value is -1.20. The zero-order valence-electron chi connectivity index (χ0n) is 10.4. The van der Waals surface area contributed by atoms with Crippen molar-refractivity contribution in [3.8, 4) is 0 Å². The standard InChI is InChI=1S/C13H13BrN2OS/c1-8-11(9(2)16(3)15-8)4-5-12(17)13-6-10(14)7-18-13/h4-7H,1-3H3/b5-4+. The molecule has 0 aliphatic rings. The molecular formula is C13H13BrN2OS. The number of aryl methyl sites for hydroxylation is 2. The lowest BCUT2D eigenvalue weighted by Gasteiger charge is -1.94. The van der Waals surface area contributed by atoms with Gasteiger partial charge in [0.2, 0.25) is 0 Å². The summed E-state index contributed by atoms with van der Waals surface area (Å²) in [7, 11) is 1.90. The van der Waals surface area contributed by atoms with Gasteiger partial charge in [0.1, 0.15) is 0 Å². The summed E-state index contributed by atoms with van der Waals surface area (Å²) in [4.78, 5) is 12.7. The summed E-state index contributed by atoms with van der Waals surface area (Å²) >= 11 is 4.78. The zero-order chi connectivity index (χ0) is 13.3. The number of rotatable bonds is 3. The molecule has 0 unspecified atom stereocenters. The Bertz CT molecular complexity index is 625. The molecule has 0 spiro atoms. The van der Waals surface area contributed by atoms with Crippen molar-refractivity contribution in [2.24, 2.45) is 7.05 Å². The summed E-state index contributed by atoms with van der Waals surface area (Å²) in [6.07, 6.45) is 3.45. The van der Waals surface area contributed by atoms with Crippen molar-refractivity contribution < 1.29 is 4.79 Å². The Balaban J connectivity index is 2.23. The molecule has 94 valence electrons. The molecule has 0 aliphatic heterocycles. The van der Waals surface area contributed by atoms with Crippen molar-refractivity contribution in [2.75, 3.05) is 0 Å². The van der Waals surface area contributed by atoms with Crippen LogP contribution in [0.25, 0.3) is 6.08 Å². The van der Waals surface area contributed by atoms with E-state index in [2.05, 4.69) is 21.0 Å². The average molecular weight is 325 g/mol. The van der Waals surface area contributed by atoms with Crippen molar-refractivity contribution in [3.63, 3.8) is 0 Å². The molecule has 0 fully saturated rings. The van der Waals surface area contributed by atoms with E-state index in [0.717, 1.165) is 26.3 Å². The molecule has 0 N–H and O–H groups in total. The lowest BCUT2D eigenvalue weighted by molar-refractivity contribution is 0.105. The molecule has 3 nitrogen and oxygen atoms in total. The molecule has 0 atom stereocenters.